The van der Waals surface area contributed by atoms with Crippen LogP contribution >= 0.6 is 0 Å². The van der Waals surface area contributed by atoms with Crippen LogP contribution in [0.3, 0.4) is 0 Å². The zero-order chi connectivity index (χ0) is 19.0. The van der Waals surface area contributed by atoms with Gasteiger partial charge in [0.2, 0.25) is 0 Å². The Morgan fingerprint density at radius 2 is 1.80 bits per heavy atom. The molecule has 1 amide bonds. The second kappa shape index (κ2) is 6.65. The largest absolute Gasteiger partial charge is 0.444 e. The van der Waals surface area contributed by atoms with Gasteiger partial charge < -0.3 is 9.64 Å². The Morgan fingerprint density at radius 3 is 2.28 bits per heavy atom. The molecule has 1 aromatic carbocycles. The number of hydrogen-bond donors (Lipinski definition) is 0. The van der Waals surface area contributed by atoms with Gasteiger partial charge in [-0.25, -0.2) is 13.6 Å². The van der Waals surface area contributed by atoms with Crippen molar-refractivity contribution in [3.05, 3.63) is 41.0 Å². The summed E-state index contributed by atoms with van der Waals surface area (Å²) >= 11 is 0. The molecule has 1 aliphatic rings. The minimum absolute atomic E-state index is 0.000321. The van der Waals surface area contributed by atoms with Crippen LogP contribution in [0.1, 0.15) is 38.3 Å². The van der Waals surface area contributed by atoms with Crippen LogP contribution in [0, 0.1) is 11.6 Å². The Hall–Kier alpha value is -2.12. The molecule has 0 radical (unpaired) electrons. The highest BCUT2D eigenvalue weighted by Gasteiger charge is 2.38. The van der Waals surface area contributed by atoms with Crippen molar-refractivity contribution in [1.29, 1.82) is 0 Å². The van der Waals surface area contributed by atoms with E-state index in [0.717, 1.165) is 0 Å². The van der Waals surface area contributed by atoms with Crippen LogP contribution in [0.15, 0.2) is 18.2 Å². The maximum Gasteiger partial charge on any atom is 0.419 e. The van der Waals surface area contributed by atoms with Gasteiger partial charge in [-0.3, -0.25) is 0 Å². The number of ether oxygens (including phenoxy) is 1. The van der Waals surface area contributed by atoms with Crippen LogP contribution in [-0.4, -0.2) is 29.7 Å². The molecule has 0 bridgehead atoms. The Bertz CT molecular complexity index is 704. The minimum atomic E-state index is -4.95. The van der Waals surface area contributed by atoms with Gasteiger partial charge in [-0.2, -0.15) is 13.2 Å². The lowest BCUT2D eigenvalue weighted by Crippen LogP contribution is -2.39. The second-order valence-corrected chi connectivity index (χ2v) is 6.71. The first-order valence-electron chi connectivity index (χ1n) is 7.62. The zero-order valence-corrected chi connectivity index (χ0v) is 14.0. The fraction of sp³-hybridized carbons (Fsp3) is 0.471. The van der Waals surface area contributed by atoms with E-state index in [1.807, 2.05) is 0 Å². The van der Waals surface area contributed by atoms with E-state index in [1.54, 1.807) is 20.8 Å². The van der Waals surface area contributed by atoms with Gasteiger partial charge in [-0.15, -0.1) is 0 Å². The standard InChI is InChI=1S/C17H18F5NO2/c1-16(2,3)25-15(24)23-6-4-10(5-7-23)12-8-11(18)9-13(19)14(12)17(20,21)22/h4,8-9H,5-7H2,1-3H3. The number of rotatable bonds is 1. The maximum absolute atomic E-state index is 13.7. The lowest BCUT2D eigenvalue weighted by Gasteiger charge is -2.30. The molecule has 1 aliphatic heterocycles. The first-order chi connectivity index (χ1) is 11.4. The molecule has 0 N–H and O–H groups in total. The summed E-state index contributed by atoms with van der Waals surface area (Å²) in [6.07, 6.45) is -4.15. The van der Waals surface area contributed by atoms with E-state index in [0.29, 0.717) is 6.07 Å². The summed E-state index contributed by atoms with van der Waals surface area (Å²) in [5.41, 5.74) is -2.58. The van der Waals surface area contributed by atoms with Gasteiger partial charge in [-0.05, 0) is 44.4 Å². The van der Waals surface area contributed by atoms with E-state index >= 15 is 0 Å². The second-order valence-electron chi connectivity index (χ2n) is 6.71. The Morgan fingerprint density at radius 1 is 1.16 bits per heavy atom. The van der Waals surface area contributed by atoms with Gasteiger partial charge in [0.05, 0.1) is 5.56 Å². The third-order valence-corrected chi connectivity index (χ3v) is 3.55. The third kappa shape index (κ3) is 4.70. The predicted molar refractivity (Wildman–Crippen MR) is 81.8 cm³/mol. The van der Waals surface area contributed by atoms with Crippen LogP contribution < -0.4 is 0 Å². The highest BCUT2D eigenvalue weighted by molar-refractivity contribution is 5.74. The molecule has 25 heavy (non-hydrogen) atoms. The first-order valence-corrected chi connectivity index (χ1v) is 7.62. The fourth-order valence-corrected chi connectivity index (χ4v) is 2.52. The number of carbonyl (C=O) groups excluding carboxylic acids is 1. The fourth-order valence-electron chi connectivity index (χ4n) is 2.52. The molecule has 3 nitrogen and oxygen atoms in total. The highest BCUT2D eigenvalue weighted by atomic mass is 19.4. The molecule has 0 saturated heterocycles. The number of benzene rings is 1. The van der Waals surface area contributed by atoms with E-state index in [9.17, 15) is 26.7 Å². The summed E-state index contributed by atoms with van der Waals surface area (Å²) in [5, 5.41) is 0. The molecular formula is C17H18F5NO2. The lowest BCUT2D eigenvalue weighted by atomic mass is 9.94. The summed E-state index contributed by atoms with van der Waals surface area (Å²) < 4.78 is 71.6. The summed E-state index contributed by atoms with van der Waals surface area (Å²) in [6, 6.07) is 0.879. The van der Waals surface area contributed by atoms with E-state index in [-0.39, 0.29) is 31.1 Å². The van der Waals surface area contributed by atoms with E-state index in [2.05, 4.69) is 0 Å². The Balaban J connectivity index is 2.29. The van der Waals surface area contributed by atoms with E-state index in [4.69, 9.17) is 4.74 Å². The van der Waals surface area contributed by atoms with Crippen LogP contribution in [0.25, 0.3) is 5.57 Å². The van der Waals surface area contributed by atoms with Crippen molar-refractivity contribution >= 4 is 11.7 Å². The van der Waals surface area contributed by atoms with Crippen LogP contribution in [-0.2, 0) is 10.9 Å². The van der Waals surface area contributed by atoms with Crippen LogP contribution in [0.5, 0.6) is 0 Å². The molecule has 1 heterocycles. The topological polar surface area (TPSA) is 29.5 Å². The van der Waals surface area contributed by atoms with Gasteiger partial charge in [0.25, 0.3) is 0 Å². The molecule has 2 rings (SSSR count). The van der Waals surface area contributed by atoms with Gasteiger partial charge in [0.1, 0.15) is 17.2 Å². The van der Waals surface area contributed by atoms with Crippen molar-refractivity contribution < 1.29 is 31.5 Å². The van der Waals surface area contributed by atoms with Crippen LogP contribution in [0.2, 0.25) is 0 Å². The monoisotopic (exact) mass is 363 g/mol. The molecule has 0 aromatic heterocycles. The van der Waals surface area contributed by atoms with E-state index < -0.39 is 40.6 Å². The molecule has 0 saturated carbocycles. The molecule has 0 fully saturated rings. The SMILES string of the molecule is CC(C)(C)OC(=O)N1CC=C(c2cc(F)cc(F)c2C(F)(F)F)CC1. The number of alkyl halides is 3. The highest BCUT2D eigenvalue weighted by Crippen LogP contribution is 2.39. The number of amides is 1. The lowest BCUT2D eigenvalue weighted by molar-refractivity contribution is -0.140. The average molecular weight is 363 g/mol. The molecule has 8 heteroatoms. The molecule has 0 aliphatic carbocycles. The number of nitrogens with zero attached hydrogens (tertiary/aromatic N) is 1. The maximum atomic E-state index is 13.7. The molecule has 0 spiro atoms. The number of carbonyl (C=O) groups is 1. The summed E-state index contributed by atoms with van der Waals surface area (Å²) in [4.78, 5) is 13.3. The minimum Gasteiger partial charge on any atom is -0.444 e. The Kier molecular flexibility index (Phi) is 5.11. The quantitative estimate of drug-likeness (QED) is 0.657. The molecule has 0 atom stereocenters. The van der Waals surface area contributed by atoms with Crippen molar-refractivity contribution in [2.24, 2.45) is 0 Å². The van der Waals surface area contributed by atoms with Crippen molar-refractivity contribution in [3.8, 4) is 0 Å². The smallest absolute Gasteiger partial charge is 0.419 e. The molecule has 0 unspecified atom stereocenters. The van der Waals surface area contributed by atoms with Gasteiger partial charge >= 0.3 is 12.3 Å². The third-order valence-electron chi connectivity index (χ3n) is 3.55. The summed E-state index contributed by atoms with van der Waals surface area (Å²) in [5.74, 6) is -2.74. The van der Waals surface area contributed by atoms with Crippen molar-refractivity contribution in [1.82, 2.24) is 4.90 Å². The van der Waals surface area contributed by atoms with Crippen molar-refractivity contribution in [2.45, 2.75) is 39.0 Å². The van der Waals surface area contributed by atoms with E-state index in [1.165, 1.54) is 11.0 Å². The molecule has 1 aromatic rings. The van der Waals surface area contributed by atoms with Crippen LogP contribution in [0.4, 0.5) is 26.7 Å². The van der Waals surface area contributed by atoms with Gasteiger partial charge in [0, 0.05) is 19.2 Å². The van der Waals surface area contributed by atoms with Crippen molar-refractivity contribution in [2.75, 3.05) is 13.1 Å². The average Bonchev–Trinajstić information content (AvgIpc) is 2.43. The predicted octanol–water partition coefficient (Wildman–Crippen LogP) is 5.01. The number of halogens is 5. The van der Waals surface area contributed by atoms with Gasteiger partial charge in [-0.1, -0.05) is 6.08 Å². The Labute approximate surface area is 142 Å². The number of hydrogen-bond acceptors (Lipinski definition) is 2. The van der Waals surface area contributed by atoms with Gasteiger partial charge in [0.15, 0.2) is 0 Å². The zero-order valence-electron chi connectivity index (χ0n) is 14.0. The first kappa shape index (κ1) is 19.2. The molecule has 138 valence electrons. The summed E-state index contributed by atoms with van der Waals surface area (Å²) in [7, 11) is 0. The molecular weight excluding hydrogens is 345 g/mol. The summed E-state index contributed by atoms with van der Waals surface area (Å²) in [6.45, 7) is 5.18. The normalized spacial score (nSPS) is 15.8. The van der Waals surface area contributed by atoms with Crippen molar-refractivity contribution in [3.63, 3.8) is 0 Å².